The van der Waals surface area contributed by atoms with Gasteiger partial charge >= 0.3 is 0 Å². The minimum atomic E-state index is -0.329. The number of nitrogens with two attached hydrogens (primary N) is 1. The largest absolute Gasteiger partial charge is 0.397 e. The van der Waals surface area contributed by atoms with Crippen molar-refractivity contribution in [2.24, 2.45) is 5.41 Å². The molecule has 0 bridgehead atoms. The van der Waals surface area contributed by atoms with Crippen molar-refractivity contribution in [3.63, 3.8) is 0 Å². The van der Waals surface area contributed by atoms with Gasteiger partial charge < -0.3 is 10.6 Å². The van der Waals surface area contributed by atoms with Gasteiger partial charge in [0.15, 0.2) is 0 Å². The lowest BCUT2D eigenvalue weighted by Gasteiger charge is -2.37. The van der Waals surface area contributed by atoms with E-state index in [1.54, 1.807) is 6.07 Å². The van der Waals surface area contributed by atoms with E-state index in [0.717, 1.165) is 30.6 Å². The van der Waals surface area contributed by atoms with E-state index in [9.17, 15) is 9.18 Å². The molecule has 112 valence electrons. The van der Waals surface area contributed by atoms with Gasteiger partial charge in [-0.05, 0) is 36.5 Å². The van der Waals surface area contributed by atoms with Crippen molar-refractivity contribution in [2.75, 3.05) is 18.8 Å². The summed E-state index contributed by atoms with van der Waals surface area (Å²) in [5, 5.41) is 0.639. The molecule has 0 saturated carbocycles. The van der Waals surface area contributed by atoms with E-state index in [4.69, 9.17) is 5.73 Å². The molecule has 0 radical (unpaired) electrons. The van der Waals surface area contributed by atoms with Crippen molar-refractivity contribution in [1.82, 2.24) is 4.90 Å². The summed E-state index contributed by atoms with van der Waals surface area (Å²) in [5.41, 5.74) is 6.63. The molecule has 0 spiro atoms. The summed E-state index contributed by atoms with van der Waals surface area (Å²) in [6.45, 7) is 5.87. The molecule has 2 N–H and O–H groups in total. The molecular weight excluding hydrogens is 287 g/mol. The lowest BCUT2D eigenvalue weighted by molar-refractivity contribution is 0.0589. The third kappa shape index (κ3) is 2.62. The smallest absolute Gasteiger partial charge is 0.266 e. The number of carbonyl (C=O) groups is 1. The van der Waals surface area contributed by atoms with Crippen molar-refractivity contribution in [2.45, 2.75) is 26.7 Å². The van der Waals surface area contributed by atoms with Gasteiger partial charge in [-0.2, -0.15) is 0 Å². The molecule has 1 aromatic heterocycles. The normalized spacial score (nSPS) is 18.1. The van der Waals surface area contributed by atoms with Gasteiger partial charge in [0.25, 0.3) is 5.91 Å². The van der Waals surface area contributed by atoms with Crippen LogP contribution in [0.2, 0.25) is 0 Å². The van der Waals surface area contributed by atoms with Gasteiger partial charge in [-0.25, -0.2) is 4.39 Å². The number of thiophene rings is 1. The zero-order valence-electron chi connectivity index (χ0n) is 12.3. The molecule has 1 fully saturated rings. The molecule has 5 heteroatoms. The number of amides is 1. The lowest BCUT2D eigenvalue weighted by Crippen LogP contribution is -2.43. The fourth-order valence-electron chi connectivity index (χ4n) is 2.99. The Balaban J connectivity index is 1.96. The van der Waals surface area contributed by atoms with Gasteiger partial charge in [-0.1, -0.05) is 13.8 Å². The first-order valence-electron chi connectivity index (χ1n) is 7.14. The van der Waals surface area contributed by atoms with Crippen LogP contribution >= 0.6 is 11.3 Å². The molecule has 0 aliphatic carbocycles. The van der Waals surface area contributed by atoms with Crippen LogP contribution in [-0.2, 0) is 0 Å². The Hall–Kier alpha value is -1.62. The summed E-state index contributed by atoms with van der Waals surface area (Å²) >= 11 is 1.35. The number of rotatable bonds is 1. The molecule has 0 unspecified atom stereocenters. The highest BCUT2D eigenvalue weighted by Crippen LogP contribution is 2.36. The fraction of sp³-hybridized carbons (Fsp3) is 0.438. The zero-order chi connectivity index (χ0) is 15.2. The number of hydrogen-bond acceptors (Lipinski definition) is 3. The first-order valence-corrected chi connectivity index (χ1v) is 7.96. The maximum atomic E-state index is 13.3. The van der Waals surface area contributed by atoms with Crippen molar-refractivity contribution in [3.05, 3.63) is 28.9 Å². The number of piperidine rings is 1. The van der Waals surface area contributed by atoms with Crippen molar-refractivity contribution in [3.8, 4) is 0 Å². The molecule has 0 atom stereocenters. The second-order valence-electron chi connectivity index (χ2n) is 6.48. The summed E-state index contributed by atoms with van der Waals surface area (Å²) in [5.74, 6) is -0.355. The Morgan fingerprint density at radius 1 is 1.43 bits per heavy atom. The van der Waals surface area contributed by atoms with Gasteiger partial charge in [0.05, 0.1) is 5.69 Å². The Morgan fingerprint density at radius 3 is 2.90 bits per heavy atom. The highest BCUT2D eigenvalue weighted by Gasteiger charge is 2.31. The van der Waals surface area contributed by atoms with Gasteiger partial charge in [0.1, 0.15) is 10.7 Å². The summed E-state index contributed by atoms with van der Waals surface area (Å²) < 4.78 is 14.2. The number of hydrogen-bond donors (Lipinski definition) is 1. The molecule has 1 amide bonds. The van der Waals surface area contributed by atoms with E-state index in [0.29, 0.717) is 16.0 Å². The van der Waals surface area contributed by atoms with E-state index < -0.39 is 0 Å². The number of carbonyl (C=O) groups excluding carboxylic acids is 1. The summed E-state index contributed by atoms with van der Waals surface area (Å²) in [4.78, 5) is 15.1. The SMILES string of the molecule is CC1(C)CCCN(C(=O)c2sc3ccc(F)cc3c2N)C1. The fourth-order valence-corrected chi connectivity index (χ4v) is 4.06. The van der Waals surface area contributed by atoms with Crippen LogP contribution < -0.4 is 5.73 Å². The van der Waals surface area contributed by atoms with Crippen LogP contribution in [0.25, 0.3) is 10.1 Å². The quantitative estimate of drug-likeness (QED) is 0.869. The van der Waals surface area contributed by atoms with E-state index >= 15 is 0 Å². The highest BCUT2D eigenvalue weighted by atomic mass is 32.1. The average molecular weight is 306 g/mol. The van der Waals surface area contributed by atoms with E-state index in [-0.39, 0.29) is 17.1 Å². The summed E-state index contributed by atoms with van der Waals surface area (Å²) in [7, 11) is 0. The average Bonchev–Trinajstić information content (AvgIpc) is 2.74. The number of halogens is 1. The maximum Gasteiger partial charge on any atom is 0.266 e. The molecule has 2 aromatic rings. The number of anilines is 1. The number of benzene rings is 1. The molecule has 21 heavy (non-hydrogen) atoms. The van der Waals surface area contributed by atoms with Crippen molar-refractivity contribution < 1.29 is 9.18 Å². The predicted molar refractivity (Wildman–Crippen MR) is 85.1 cm³/mol. The van der Waals surface area contributed by atoms with Crippen LogP contribution in [0.4, 0.5) is 10.1 Å². The van der Waals surface area contributed by atoms with E-state index in [2.05, 4.69) is 13.8 Å². The summed E-state index contributed by atoms with van der Waals surface area (Å²) in [6, 6.07) is 4.48. The van der Waals surface area contributed by atoms with Gasteiger partial charge in [0.2, 0.25) is 0 Å². The Morgan fingerprint density at radius 2 is 2.19 bits per heavy atom. The van der Waals surface area contributed by atoms with E-state index in [1.165, 1.54) is 23.5 Å². The standard InChI is InChI=1S/C16H19FN2OS/c1-16(2)6-3-7-19(9-16)15(20)14-13(18)11-8-10(17)4-5-12(11)21-14/h4-5,8H,3,6-7,9,18H2,1-2H3. The Labute approximate surface area is 127 Å². The van der Waals surface area contributed by atoms with E-state index in [1.807, 2.05) is 4.90 Å². The molecule has 3 nitrogen and oxygen atoms in total. The molecule has 2 heterocycles. The van der Waals surface area contributed by atoms with Crippen LogP contribution in [0.1, 0.15) is 36.4 Å². The molecule has 1 aliphatic heterocycles. The monoisotopic (exact) mass is 306 g/mol. The summed E-state index contributed by atoms with van der Waals surface area (Å²) in [6.07, 6.45) is 2.14. The highest BCUT2D eigenvalue weighted by molar-refractivity contribution is 7.21. The predicted octanol–water partition coefficient (Wildman–Crippen LogP) is 3.88. The Bertz CT molecular complexity index is 708. The van der Waals surface area contributed by atoms with Crippen molar-refractivity contribution >= 4 is 33.0 Å². The van der Waals surface area contributed by atoms with Crippen LogP contribution in [0.15, 0.2) is 18.2 Å². The molecule has 1 aromatic carbocycles. The van der Waals surface area contributed by atoms with Crippen LogP contribution in [0, 0.1) is 11.2 Å². The Kier molecular flexibility index (Phi) is 3.40. The second-order valence-corrected chi connectivity index (χ2v) is 7.53. The lowest BCUT2D eigenvalue weighted by atomic mass is 9.84. The second kappa shape index (κ2) is 4.98. The molecule has 1 saturated heterocycles. The van der Waals surface area contributed by atoms with Crippen LogP contribution in [0.3, 0.4) is 0 Å². The maximum absolute atomic E-state index is 13.3. The number of nitrogens with zero attached hydrogens (tertiary/aromatic N) is 1. The molecular formula is C16H19FN2OS. The first kappa shape index (κ1) is 14.3. The minimum Gasteiger partial charge on any atom is -0.397 e. The number of nitrogen functional groups attached to an aromatic ring is 1. The van der Waals surface area contributed by atoms with Crippen LogP contribution in [0.5, 0.6) is 0 Å². The minimum absolute atomic E-state index is 0.0260. The first-order chi connectivity index (χ1) is 9.87. The van der Waals surface area contributed by atoms with Gasteiger partial charge in [-0.3, -0.25) is 4.79 Å². The van der Waals surface area contributed by atoms with Gasteiger partial charge in [0, 0.05) is 23.2 Å². The van der Waals surface area contributed by atoms with Gasteiger partial charge in [-0.15, -0.1) is 11.3 Å². The third-order valence-electron chi connectivity index (χ3n) is 4.07. The zero-order valence-corrected chi connectivity index (χ0v) is 13.1. The topological polar surface area (TPSA) is 46.3 Å². The third-order valence-corrected chi connectivity index (χ3v) is 5.24. The molecule has 1 aliphatic rings. The van der Waals surface area contributed by atoms with Crippen LogP contribution in [-0.4, -0.2) is 23.9 Å². The number of fused-ring (bicyclic) bond motifs is 1. The molecule has 3 rings (SSSR count). The van der Waals surface area contributed by atoms with Crippen molar-refractivity contribution in [1.29, 1.82) is 0 Å². The number of likely N-dealkylation sites (tertiary alicyclic amines) is 1.